The minimum absolute atomic E-state index is 0.124. The molecule has 0 spiro atoms. The molecule has 2 N–H and O–H groups in total. The van der Waals surface area contributed by atoms with Gasteiger partial charge in [0.15, 0.2) is 5.17 Å². The molecule has 118 valence electrons. The summed E-state index contributed by atoms with van der Waals surface area (Å²) in [5, 5.41) is 5.71. The number of para-hydroxylation sites is 1. The molecule has 5 nitrogen and oxygen atoms in total. The lowest BCUT2D eigenvalue weighted by Gasteiger charge is -2.08. The fraction of sp³-hybridized carbons (Fsp3) is 0.400. The van der Waals surface area contributed by atoms with Crippen LogP contribution in [0.25, 0.3) is 0 Å². The van der Waals surface area contributed by atoms with Crippen LogP contribution in [0.2, 0.25) is 0 Å². The predicted molar refractivity (Wildman–Crippen MR) is 94.1 cm³/mol. The molecule has 7 heteroatoms. The average molecular weight is 384 g/mol. The third-order valence-electron chi connectivity index (χ3n) is 2.90. The second kappa shape index (κ2) is 7.78. The van der Waals surface area contributed by atoms with Crippen LogP contribution >= 0.6 is 27.7 Å². The Morgan fingerprint density at radius 3 is 2.86 bits per heavy atom. The number of amides is 2. The maximum absolute atomic E-state index is 12.1. The van der Waals surface area contributed by atoms with Crippen molar-refractivity contribution < 1.29 is 9.59 Å². The monoisotopic (exact) mass is 383 g/mol. The van der Waals surface area contributed by atoms with Crippen LogP contribution in [0, 0.1) is 5.92 Å². The average Bonchev–Trinajstić information content (AvgIpc) is 2.79. The molecular formula is C15H18BrN3O2S. The van der Waals surface area contributed by atoms with E-state index in [0.29, 0.717) is 23.3 Å². The molecule has 1 aromatic rings. The summed E-state index contributed by atoms with van der Waals surface area (Å²) in [6.07, 6.45) is 0.124. The normalized spacial score (nSPS) is 19.5. The number of amidine groups is 1. The number of rotatable bonds is 5. The van der Waals surface area contributed by atoms with E-state index >= 15 is 0 Å². The number of halogens is 1. The summed E-state index contributed by atoms with van der Waals surface area (Å²) < 4.78 is 0.811. The van der Waals surface area contributed by atoms with Gasteiger partial charge in [0.25, 0.3) is 0 Å². The lowest BCUT2D eigenvalue weighted by Crippen LogP contribution is -2.28. The Labute approximate surface area is 142 Å². The lowest BCUT2D eigenvalue weighted by molar-refractivity contribution is -0.122. The highest BCUT2D eigenvalue weighted by molar-refractivity contribution is 9.10. The van der Waals surface area contributed by atoms with Crippen molar-refractivity contribution >= 4 is 50.4 Å². The van der Waals surface area contributed by atoms with Gasteiger partial charge in [0.1, 0.15) is 5.25 Å². The van der Waals surface area contributed by atoms with Crippen LogP contribution in [0.3, 0.4) is 0 Å². The van der Waals surface area contributed by atoms with Gasteiger partial charge in [-0.1, -0.05) is 37.7 Å². The van der Waals surface area contributed by atoms with E-state index in [0.717, 1.165) is 4.47 Å². The molecule has 2 amide bonds. The predicted octanol–water partition coefficient (Wildman–Crippen LogP) is 3.02. The van der Waals surface area contributed by atoms with Crippen LogP contribution in [-0.2, 0) is 9.59 Å². The number of thioether (sulfide) groups is 1. The van der Waals surface area contributed by atoms with Gasteiger partial charge in [-0.3, -0.25) is 14.6 Å². The molecule has 2 rings (SSSR count). The molecule has 1 heterocycles. The van der Waals surface area contributed by atoms with Crippen molar-refractivity contribution in [2.75, 3.05) is 11.9 Å². The molecule has 0 saturated carbocycles. The number of hydrogen-bond donors (Lipinski definition) is 2. The summed E-state index contributed by atoms with van der Waals surface area (Å²) in [5.74, 6) is 0.0854. The number of nitrogens with one attached hydrogen (secondary N) is 2. The maximum atomic E-state index is 12.1. The molecule has 1 fully saturated rings. The van der Waals surface area contributed by atoms with Crippen LogP contribution in [0.15, 0.2) is 33.7 Å². The molecule has 1 atom stereocenters. The zero-order chi connectivity index (χ0) is 16.1. The number of anilines is 1. The van der Waals surface area contributed by atoms with Crippen molar-refractivity contribution in [1.82, 2.24) is 5.32 Å². The number of nitrogens with zero attached hydrogens (tertiary/aromatic N) is 1. The first-order chi connectivity index (χ1) is 10.5. The van der Waals surface area contributed by atoms with Gasteiger partial charge in [-0.25, -0.2) is 0 Å². The van der Waals surface area contributed by atoms with Gasteiger partial charge in [-0.05, 0) is 34.0 Å². The first-order valence-corrected chi connectivity index (χ1v) is 8.69. The van der Waals surface area contributed by atoms with Crippen molar-refractivity contribution in [3.05, 3.63) is 28.7 Å². The van der Waals surface area contributed by atoms with E-state index in [2.05, 4.69) is 45.4 Å². The third kappa shape index (κ3) is 4.84. The van der Waals surface area contributed by atoms with E-state index in [9.17, 15) is 9.59 Å². The van der Waals surface area contributed by atoms with Gasteiger partial charge >= 0.3 is 0 Å². The molecule has 1 saturated heterocycles. The zero-order valence-corrected chi connectivity index (χ0v) is 14.8. The Bertz CT molecular complexity index is 604. The molecule has 1 aliphatic rings. The number of benzene rings is 1. The largest absolute Gasteiger partial charge is 0.325 e. The maximum Gasteiger partial charge on any atom is 0.240 e. The minimum atomic E-state index is -0.423. The molecule has 0 bridgehead atoms. The summed E-state index contributed by atoms with van der Waals surface area (Å²) in [7, 11) is 0. The molecule has 0 aromatic heterocycles. The summed E-state index contributed by atoms with van der Waals surface area (Å²) in [6.45, 7) is 4.79. The lowest BCUT2D eigenvalue weighted by atomic mass is 10.2. The Morgan fingerprint density at radius 2 is 2.18 bits per heavy atom. The van der Waals surface area contributed by atoms with Crippen LogP contribution in [0.5, 0.6) is 0 Å². The van der Waals surface area contributed by atoms with Gasteiger partial charge in [-0.15, -0.1) is 0 Å². The van der Waals surface area contributed by atoms with Crippen LogP contribution < -0.4 is 10.6 Å². The Hall–Kier alpha value is -1.34. The molecule has 0 unspecified atom stereocenters. The summed E-state index contributed by atoms with van der Waals surface area (Å²) in [6, 6.07) is 7.37. The van der Waals surface area contributed by atoms with Crippen LogP contribution in [0.4, 0.5) is 5.69 Å². The highest BCUT2D eigenvalue weighted by Gasteiger charge is 2.32. The van der Waals surface area contributed by atoms with E-state index in [1.807, 2.05) is 18.2 Å². The quantitative estimate of drug-likeness (QED) is 0.820. The van der Waals surface area contributed by atoms with Gasteiger partial charge in [0.05, 0.1) is 5.69 Å². The molecular weight excluding hydrogens is 366 g/mol. The van der Waals surface area contributed by atoms with Gasteiger partial charge in [-0.2, -0.15) is 0 Å². The number of hydrogen-bond acceptors (Lipinski definition) is 4. The van der Waals surface area contributed by atoms with E-state index < -0.39 is 5.25 Å². The Morgan fingerprint density at radius 1 is 1.45 bits per heavy atom. The van der Waals surface area contributed by atoms with E-state index in [4.69, 9.17) is 0 Å². The van der Waals surface area contributed by atoms with Crippen molar-refractivity contribution in [3.63, 3.8) is 0 Å². The Balaban J connectivity index is 1.91. The van der Waals surface area contributed by atoms with Crippen molar-refractivity contribution in [3.8, 4) is 0 Å². The van der Waals surface area contributed by atoms with E-state index in [1.54, 1.807) is 6.07 Å². The highest BCUT2D eigenvalue weighted by Crippen LogP contribution is 2.25. The topological polar surface area (TPSA) is 70.6 Å². The second-order valence-electron chi connectivity index (χ2n) is 5.37. The zero-order valence-electron chi connectivity index (χ0n) is 12.4. The van der Waals surface area contributed by atoms with E-state index in [1.165, 1.54) is 11.8 Å². The molecule has 22 heavy (non-hydrogen) atoms. The fourth-order valence-corrected chi connectivity index (χ4v) is 3.18. The highest BCUT2D eigenvalue weighted by atomic mass is 79.9. The third-order valence-corrected chi connectivity index (χ3v) is 4.71. The van der Waals surface area contributed by atoms with Crippen molar-refractivity contribution in [2.45, 2.75) is 25.5 Å². The number of aliphatic imine (C=N–C) groups is 1. The Kier molecular flexibility index (Phi) is 6.02. The molecule has 0 radical (unpaired) electrons. The summed E-state index contributed by atoms with van der Waals surface area (Å²) in [4.78, 5) is 28.3. The second-order valence-corrected chi connectivity index (χ2v) is 7.41. The van der Waals surface area contributed by atoms with E-state index in [-0.39, 0.29) is 18.2 Å². The molecule has 1 aliphatic heterocycles. The summed E-state index contributed by atoms with van der Waals surface area (Å²) in [5.41, 5.74) is 0.699. The van der Waals surface area contributed by atoms with Crippen LogP contribution in [0.1, 0.15) is 20.3 Å². The van der Waals surface area contributed by atoms with Gasteiger partial charge < -0.3 is 10.6 Å². The smallest absolute Gasteiger partial charge is 0.240 e. The van der Waals surface area contributed by atoms with Crippen molar-refractivity contribution in [1.29, 1.82) is 0 Å². The first-order valence-electron chi connectivity index (χ1n) is 7.02. The summed E-state index contributed by atoms with van der Waals surface area (Å²) >= 11 is 4.70. The SMILES string of the molecule is CC(C)CN=C1NC(=O)[C@@H](CC(=O)Nc2ccccc2Br)S1. The first kappa shape index (κ1) is 17.0. The number of carbonyl (C=O) groups is 2. The number of carbonyl (C=O) groups excluding carboxylic acids is 2. The fourth-order valence-electron chi connectivity index (χ4n) is 1.81. The standard InChI is InChI=1S/C15H18BrN3O2S/c1-9(2)8-17-15-19-14(21)12(22-15)7-13(20)18-11-6-4-3-5-10(11)16/h3-6,9,12H,7-8H2,1-2H3,(H,18,20)(H,17,19,21)/t12-/m1/s1. The minimum Gasteiger partial charge on any atom is -0.325 e. The van der Waals surface area contributed by atoms with Gasteiger partial charge in [0.2, 0.25) is 11.8 Å². The van der Waals surface area contributed by atoms with Crippen molar-refractivity contribution in [2.24, 2.45) is 10.9 Å². The molecule has 1 aromatic carbocycles. The van der Waals surface area contributed by atoms with Crippen LogP contribution in [-0.4, -0.2) is 28.8 Å². The molecule has 0 aliphatic carbocycles. The van der Waals surface area contributed by atoms with Gasteiger partial charge in [0, 0.05) is 17.4 Å².